The number of fused-ring (bicyclic) bond motifs is 1. The van der Waals surface area contributed by atoms with Crippen LogP contribution in [0.2, 0.25) is 5.15 Å². The Hall–Kier alpha value is -2.06. The Labute approximate surface area is 95.9 Å². The molecule has 80 valence electrons. The van der Waals surface area contributed by atoms with Crippen LogP contribution >= 0.6 is 11.6 Å². The lowest BCUT2D eigenvalue weighted by Crippen LogP contribution is -2.02. The maximum Gasteiger partial charge on any atom is 0.147 e. The molecule has 0 aliphatic heterocycles. The molecule has 0 radical (unpaired) electrons. The van der Waals surface area contributed by atoms with Gasteiger partial charge in [-0.2, -0.15) is 5.26 Å². The summed E-state index contributed by atoms with van der Waals surface area (Å²) in [5.41, 5.74) is 0.225. The van der Waals surface area contributed by atoms with Crippen molar-refractivity contribution in [1.82, 2.24) is 9.97 Å². The van der Waals surface area contributed by atoms with Gasteiger partial charge < -0.3 is 9.84 Å². The lowest BCUT2D eigenvalue weighted by Gasteiger charge is -2.13. The molecular weight excluding hydrogens is 230 g/mol. The number of nitrogens with zero attached hydrogens (tertiary/aromatic N) is 3. The van der Waals surface area contributed by atoms with E-state index in [0.717, 1.165) is 0 Å². The SMILES string of the molecule is COc1c(C#N)c([O-])nc2cnc(Cl)cc12. The van der Waals surface area contributed by atoms with Crippen LogP contribution in [0, 0.1) is 11.3 Å². The van der Waals surface area contributed by atoms with Crippen molar-refractivity contribution >= 4 is 22.5 Å². The molecule has 0 spiro atoms. The third-order valence-electron chi connectivity index (χ3n) is 2.07. The molecular formula is C10H5ClN3O2-. The van der Waals surface area contributed by atoms with Gasteiger partial charge in [-0.25, -0.2) is 4.98 Å². The maximum atomic E-state index is 11.5. The van der Waals surface area contributed by atoms with Crippen molar-refractivity contribution in [2.24, 2.45) is 0 Å². The first kappa shape index (κ1) is 10.5. The van der Waals surface area contributed by atoms with Crippen LogP contribution in [0.5, 0.6) is 11.6 Å². The number of aromatic nitrogens is 2. The summed E-state index contributed by atoms with van der Waals surface area (Å²) in [6.45, 7) is 0. The lowest BCUT2D eigenvalue weighted by atomic mass is 10.1. The molecule has 16 heavy (non-hydrogen) atoms. The lowest BCUT2D eigenvalue weighted by molar-refractivity contribution is -0.275. The average Bonchev–Trinajstić information content (AvgIpc) is 2.28. The summed E-state index contributed by atoms with van der Waals surface area (Å²) in [6.07, 6.45) is 1.36. The van der Waals surface area contributed by atoms with Gasteiger partial charge >= 0.3 is 0 Å². The predicted octanol–water partition coefficient (Wildman–Crippen LogP) is 1.24. The first-order chi connectivity index (χ1) is 7.67. The van der Waals surface area contributed by atoms with Gasteiger partial charge in [-0.3, -0.25) is 4.98 Å². The minimum Gasteiger partial charge on any atom is -0.858 e. The highest BCUT2D eigenvalue weighted by atomic mass is 35.5. The van der Waals surface area contributed by atoms with E-state index in [-0.39, 0.29) is 16.5 Å². The van der Waals surface area contributed by atoms with Crippen LogP contribution in [-0.4, -0.2) is 17.1 Å². The number of hydrogen-bond acceptors (Lipinski definition) is 5. The summed E-state index contributed by atoms with van der Waals surface area (Å²) in [6, 6.07) is 3.27. The van der Waals surface area contributed by atoms with Crippen molar-refractivity contribution in [2.75, 3.05) is 7.11 Å². The van der Waals surface area contributed by atoms with Gasteiger partial charge in [0.25, 0.3) is 0 Å². The second kappa shape index (κ2) is 3.83. The monoisotopic (exact) mass is 234 g/mol. The molecule has 0 atom stereocenters. The van der Waals surface area contributed by atoms with E-state index in [1.54, 1.807) is 6.07 Å². The molecule has 0 unspecified atom stereocenters. The predicted molar refractivity (Wildman–Crippen MR) is 55.3 cm³/mol. The molecule has 2 aromatic heterocycles. The minimum absolute atomic E-state index is 0.128. The summed E-state index contributed by atoms with van der Waals surface area (Å²) >= 11 is 5.73. The zero-order valence-corrected chi connectivity index (χ0v) is 8.95. The van der Waals surface area contributed by atoms with Gasteiger partial charge in [0.2, 0.25) is 0 Å². The van der Waals surface area contributed by atoms with Gasteiger partial charge in [-0.15, -0.1) is 0 Å². The van der Waals surface area contributed by atoms with Crippen molar-refractivity contribution in [3.63, 3.8) is 0 Å². The van der Waals surface area contributed by atoms with Crippen molar-refractivity contribution in [3.05, 3.63) is 23.0 Å². The van der Waals surface area contributed by atoms with Crippen LogP contribution in [-0.2, 0) is 0 Å². The number of rotatable bonds is 1. The molecule has 0 aliphatic rings. The fourth-order valence-electron chi connectivity index (χ4n) is 1.40. The van der Waals surface area contributed by atoms with Crippen LogP contribution in [0.4, 0.5) is 0 Å². The van der Waals surface area contributed by atoms with Gasteiger partial charge in [0.1, 0.15) is 22.5 Å². The molecule has 0 saturated carbocycles. The van der Waals surface area contributed by atoms with E-state index in [1.807, 2.05) is 0 Å². The molecule has 0 fully saturated rings. The van der Waals surface area contributed by atoms with Crippen LogP contribution < -0.4 is 9.84 Å². The zero-order valence-electron chi connectivity index (χ0n) is 8.19. The van der Waals surface area contributed by atoms with E-state index < -0.39 is 5.88 Å². The van der Waals surface area contributed by atoms with E-state index in [2.05, 4.69) is 9.97 Å². The van der Waals surface area contributed by atoms with Gasteiger partial charge in [0, 0.05) is 11.3 Å². The summed E-state index contributed by atoms with van der Waals surface area (Å²) in [5, 5.41) is 21.0. The first-order valence-corrected chi connectivity index (χ1v) is 4.65. The van der Waals surface area contributed by atoms with E-state index in [1.165, 1.54) is 19.4 Å². The fourth-order valence-corrected chi connectivity index (χ4v) is 1.56. The average molecular weight is 235 g/mol. The molecule has 2 aromatic rings. The highest BCUT2D eigenvalue weighted by Gasteiger charge is 2.11. The van der Waals surface area contributed by atoms with Crippen molar-refractivity contribution in [2.45, 2.75) is 0 Å². The van der Waals surface area contributed by atoms with Gasteiger partial charge in [0.05, 0.1) is 18.8 Å². The maximum absolute atomic E-state index is 11.5. The smallest absolute Gasteiger partial charge is 0.147 e. The summed E-state index contributed by atoms with van der Waals surface area (Å²) in [5.74, 6) is -0.447. The van der Waals surface area contributed by atoms with Crippen molar-refractivity contribution < 1.29 is 9.84 Å². The Morgan fingerprint density at radius 1 is 1.56 bits per heavy atom. The Bertz CT molecular complexity index is 607. The van der Waals surface area contributed by atoms with Crippen LogP contribution in [0.3, 0.4) is 0 Å². The molecule has 0 N–H and O–H groups in total. The molecule has 0 aliphatic carbocycles. The standard InChI is InChI=1S/C10H6ClN3O2/c1-16-9-5-2-8(11)13-4-7(5)14-10(15)6(9)3-12/h2,4H,1H3,(H,14,15)/p-1. The third kappa shape index (κ3) is 1.49. The second-order valence-corrected chi connectivity index (χ2v) is 3.35. The van der Waals surface area contributed by atoms with Crippen LogP contribution in [0.15, 0.2) is 12.3 Å². The van der Waals surface area contributed by atoms with Gasteiger partial charge in [-0.05, 0) is 6.07 Å². The van der Waals surface area contributed by atoms with Crippen LogP contribution in [0.1, 0.15) is 5.56 Å². The number of nitriles is 1. The number of ether oxygens (including phenoxy) is 1. The number of methoxy groups -OCH3 is 1. The Morgan fingerprint density at radius 2 is 2.31 bits per heavy atom. The highest BCUT2D eigenvalue weighted by Crippen LogP contribution is 2.32. The number of halogens is 1. The largest absolute Gasteiger partial charge is 0.858 e. The fraction of sp³-hybridized carbons (Fsp3) is 0.100. The second-order valence-electron chi connectivity index (χ2n) is 2.96. The molecule has 0 saturated heterocycles. The Morgan fingerprint density at radius 3 is 2.94 bits per heavy atom. The molecule has 0 aromatic carbocycles. The highest BCUT2D eigenvalue weighted by molar-refractivity contribution is 6.30. The Balaban J connectivity index is 2.93. The van der Waals surface area contributed by atoms with Crippen LogP contribution in [0.25, 0.3) is 10.9 Å². The van der Waals surface area contributed by atoms with E-state index >= 15 is 0 Å². The van der Waals surface area contributed by atoms with E-state index in [0.29, 0.717) is 10.9 Å². The molecule has 5 nitrogen and oxygen atoms in total. The van der Waals surface area contributed by atoms with Crippen molar-refractivity contribution in [1.29, 1.82) is 5.26 Å². The minimum atomic E-state index is -0.629. The van der Waals surface area contributed by atoms with Gasteiger partial charge in [-0.1, -0.05) is 11.6 Å². The Kier molecular flexibility index (Phi) is 2.50. The quantitative estimate of drug-likeness (QED) is 0.694. The van der Waals surface area contributed by atoms with Gasteiger partial charge in [0.15, 0.2) is 0 Å². The molecule has 0 amide bonds. The molecule has 2 rings (SSSR count). The van der Waals surface area contributed by atoms with Crippen molar-refractivity contribution in [3.8, 4) is 17.7 Å². The van der Waals surface area contributed by atoms with E-state index in [4.69, 9.17) is 21.6 Å². The third-order valence-corrected chi connectivity index (χ3v) is 2.28. The summed E-state index contributed by atoms with van der Waals surface area (Å²) < 4.78 is 5.04. The summed E-state index contributed by atoms with van der Waals surface area (Å²) in [4.78, 5) is 7.52. The number of pyridine rings is 2. The molecule has 0 bridgehead atoms. The summed E-state index contributed by atoms with van der Waals surface area (Å²) in [7, 11) is 1.38. The molecule has 2 heterocycles. The zero-order chi connectivity index (χ0) is 11.7. The first-order valence-electron chi connectivity index (χ1n) is 4.27. The normalized spacial score (nSPS) is 10.1. The van der Waals surface area contributed by atoms with E-state index in [9.17, 15) is 5.11 Å². The number of hydrogen-bond donors (Lipinski definition) is 0. The topological polar surface area (TPSA) is 81.9 Å². The molecule has 6 heteroatoms.